The van der Waals surface area contributed by atoms with Crippen molar-refractivity contribution in [2.75, 3.05) is 19.5 Å². The Bertz CT molecular complexity index is 1170. The number of carbonyl (C=O) groups is 1. The van der Waals surface area contributed by atoms with Gasteiger partial charge in [-0.1, -0.05) is 17.2 Å². The Kier molecular flexibility index (Phi) is 7.94. The Morgan fingerprint density at radius 1 is 0.971 bits per heavy atom. The van der Waals surface area contributed by atoms with Crippen molar-refractivity contribution in [3.8, 4) is 11.5 Å². The molecule has 34 heavy (non-hydrogen) atoms. The molecule has 8 heteroatoms. The van der Waals surface area contributed by atoms with Crippen molar-refractivity contribution >= 4 is 17.6 Å². The number of nitrogens with zero attached hydrogens (tertiary/aromatic N) is 3. The molecule has 0 aliphatic carbocycles. The predicted molar refractivity (Wildman–Crippen MR) is 135 cm³/mol. The molecule has 0 bridgehead atoms. The maximum Gasteiger partial charge on any atom is 0.257 e. The third-order valence-electron chi connectivity index (χ3n) is 5.56. The highest BCUT2D eigenvalue weighted by Crippen LogP contribution is 2.26. The van der Waals surface area contributed by atoms with Crippen LogP contribution in [0.2, 0.25) is 0 Å². The fourth-order valence-corrected chi connectivity index (χ4v) is 3.84. The van der Waals surface area contributed by atoms with Gasteiger partial charge < -0.3 is 14.8 Å². The van der Waals surface area contributed by atoms with Gasteiger partial charge in [-0.3, -0.25) is 14.8 Å². The Labute approximate surface area is 201 Å². The summed E-state index contributed by atoms with van der Waals surface area (Å²) < 4.78 is 12.7. The van der Waals surface area contributed by atoms with Crippen LogP contribution in [0.1, 0.15) is 45.4 Å². The lowest BCUT2D eigenvalue weighted by Crippen LogP contribution is -2.36. The van der Waals surface area contributed by atoms with Crippen LogP contribution in [0.3, 0.4) is 0 Å². The molecule has 0 spiro atoms. The predicted octanol–water partition coefficient (Wildman–Crippen LogP) is 4.55. The third-order valence-corrected chi connectivity index (χ3v) is 5.56. The second kappa shape index (κ2) is 10.9. The Morgan fingerprint density at radius 2 is 1.59 bits per heavy atom. The number of aryl methyl sites for hydroxylation is 4. The van der Waals surface area contributed by atoms with Crippen molar-refractivity contribution in [2.24, 2.45) is 4.99 Å². The van der Waals surface area contributed by atoms with E-state index in [2.05, 4.69) is 22.7 Å². The molecule has 2 N–H and O–H groups in total. The van der Waals surface area contributed by atoms with Gasteiger partial charge >= 0.3 is 0 Å². The maximum atomic E-state index is 13.1. The third kappa shape index (κ3) is 5.95. The van der Waals surface area contributed by atoms with Crippen LogP contribution in [-0.4, -0.2) is 35.9 Å². The van der Waals surface area contributed by atoms with E-state index in [-0.39, 0.29) is 5.91 Å². The summed E-state index contributed by atoms with van der Waals surface area (Å²) in [7, 11) is 3.18. The zero-order valence-corrected chi connectivity index (χ0v) is 20.9. The van der Waals surface area contributed by atoms with Crippen molar-refractivity contribution < 1.29 is 14.3 Å². The molecule has 0 unspecified atom stereocenters. The number of aromatic nitrogens is 2. The van der Waals surface area contributed by atoms with Gasteiger partial charge in [0.15, 0.2) is 0 Å². The average molecular weight is 464 g/mol. The Balaban J connectivity index is 1.95. The van der Waals surface area contributed by atoms with E-state index < -0.39 is 0 Å². The number of guanidine groups is 1. The number of methoxy groups -OCH3 is 2. The molecule has 0 atom stereocenters. The van der Waals surface area contributed by atoms with Crippen LogP contribution in [0.4, 0.5) is 5.69 Å². The van der Waals surface area contributed by atoms with Gasteiger partial charge in [0.1, 0.15) is 11.5 Å². The molecule has 0 fully saturated rings. The highest BCUT2D eigenvalue weighted by molar-refractivity contribution is 6.10. The number of amides is 1. The van der Waals surface area contributed by atoms with Gasteiger partial charge in [-0.15, -0.1) is 0 Å². The number of hydrogen-bond acceptors (Lipinski definition) is 5. The molecule has 0 saturated carbocycles. The first kappa shape index (κ1) is 24.8. The summed E-state index contributed by atoms with van der Waals surface area (Å²) in [5.74, 6) is 1.32. The summed E-state index contributed by atoms with van der Waals surface area (Å²) in [6, 6.07) is 11.1. The van der Waals surface area contributed by atoms with Crippen LogP contribution >= 0.6 is 0 Å². The van der Waals surface area contributed by atoms with E-state index in [1.165, 1.54) is 0 Å². The van der Waals surface area contributed by atoms with Crippen LogP contribution in [0, 0.1) is 27.7 Å². The number of nitrogens with one attached hydrogen (secondary N) is 2. The summed E-state index contributed by atoms with van der Waals surface area (Å²) >= 11 is 0. The van der Waals surface area contributed by atoms with Gasteiger partial charge in [0.2, 0.25) is 5.96 Å². The zero-order valence-electron chi connectivity index (χ0n) is 20.9. The van der Waals surface area contributed by atoms with Gasteiger partial charge in [-0.2, -0.15) is 5.10 Å². The van der Waals surface area contributed by atoms with Gasteiger partial charge in [0.25, 0.3) is 5.91 Å². The summed E-state index contributed by atoms with van der Waals surface area (Å²) in [5, 5.41) is 10.7. The molecule has 0 radical (unpaired) electrons. The first-order chi connectivity index (χ1) is 16.2. The molecule has 180 valence electrons. The zero-order chi connectivity index (χ0) is 24.8. The molecule has 0 aliphatic heterocycles. The van der Waals surface area contributed by atoms with Crippen molar-refractivity contribution in [3.63, 3.8) is 0 Å². The molecule has 8 nitrogen and oxygen atoms in total. The minimum Gasteiger partial charge on any atom is -0.497 e. The molecule has 1 aromatic heterocycles. The number of hydrogen-bond donors (Lipinski definition) is 2. The number of anilines is 1. The van der Waals surface area contributed by atoms with E-state index in [4.69, 9.17) is 14.5 Å². The summed E-state index contributed by atoms with van der Waals surface area (Å²) in [4.78, 5) is 17.8. The molecule has 3 aromatic rings. The fraction of sp³-hybridized carbons (Fsp3) is 0.346. The lowest BCUT2D eigenvalue weighted by atomic mass is 10.1. The SMILES string of the molecule is CCn1nc(C)c(CN=C(NC(=O)c2cc(C)cc(C)c2)Nc2cc(OC)cc(OC)c2)c1C. The monoisotopic (exact) mass is 463 g/mol. The summed E-state index contributed by atoms with van der Waals surface area (Å²) in [6.07, 6.45) is 0. The summed E-state index contributed by atoms with van der Waals surface area (Å²) in [6.45, 7) is 11.1. The Hall–Kier alpha value is -3.81. The standard InChI is InChI=1S/C26H33N5O3/c1-8-31-19(5)24(18(4)30-31)15-27-26(28-21-12-22(33-6)14-23(13-21)34-7)29-25(32)20-10-16(2)9-17(3)11-20/h9-14H,8,15H2,1-7H3,(H2,27,28,29,32). The lowest BCUT2D eigenvalue weighted by Gasteiger charge is -2.14. The molecular formula is C26H33N5O3. The average Bonchev–Trinajstić information content (AvgIpc) is 3.08. The highest BCUT2D eigenvalue weighted by atomic mass is 16.5. The normalized spacial score (nSPS) is 11.3. The molecule has 1 amide bonds. The fourth-order valence-electron chi connectivity index (χ4n) is 3.84. The van der Waals surface area contributed by atoms with Crippen molar-refractivity contribution in [1.29, 1.82) is 0 Å². The van der Waals surface area contributed by atoms with E-state index in [1.807, 2.05) is 62.7 Å². The van der Waals surface area contributed by atoms with Crippen LogP contribution in [0.5, 0.6) is 11.5 Å². The minimum absolute atomic E-state index is 0.245. The maximum absolute atomic E-state index is 13.1. The quantitative estimate of drug-likeness (QED) is 0.396. The van der Waals surface area contributed by atoms with Crippen LogP contribution in [0.25, 0.3) is 0 Å². The lowest BCUT2D eigenvalue weighted by molar-refractivity contribution is 0.0976. The number of rotatable bonds is 7. The molecule has 2 aromatic carbocycles. The highest BCUT2D eigenvalue weighted by Gasteiger charge is 2.14. The van der Waals surface area contributed by atoms with E-state index in [0.29, 0.717) is 35.3 Å². The largest absolute Gasteiger partial charge is 0.497 e. The van der Waals surface area contributed by atoms with Crippen LogP contribution in [0.15, 0.2) is 41.4 Å². The van der Waals surface area contributed by atoms with E-state index in [0.717, 1.165) is 34.6 Å². The second-order valence-corrected chi connectivity index (χ2v) is 8.19. The molecule has 3 rings (SSSR count). The van der Waals surface area contributed by atoms with Gasteiger partial charge in [-0.25, -0.2) is 4.99 Å². The van der Waals surface area contributed by atoms with E-state index >= 15 is 0 Å². The van der Waals surface area contributed by atoms with Gasteiger partial charge in [0, 0.05) is 47.3 Å². The first-order valence-corrected chi connectivity index (χ1v) is 11.2. The summed E-state index contributed by atoms with van der Waals surface area (Å²) in [5.41, 5.74) is 6.30. The topological polar surface area (TPSA) is 89.8 Å². The number of benzene rings is 2. The molecule has 0 saturated heterocycles. The molecular weight excluding hydrogens is 430 g/mol. The molecule has 0 aliphatic rings. The van der Waals surface area contributed by atoms with Crippen molar-refractivity contribution in [3.05, 3.63) is 70.0 Å². The number of aliphatic imine (C=N–C) groups is 1. The smallest absolute Gasteiger partial charge is 0.257 e. The number of ether oxygens (including phenoxy) is 2. The first-order valence-electron chi connectivity index (χ1n) is 11.2. The minimum atomic E-state index is -0.245. The van der Waals surface area contributed by atoms with E-state index in [9.17, 15) is 4.79 Å². The van der Waals surface area contributed by atoms with Gasteiger partial charge in [0.05, 0.1) is 26.5 Å². The van der Waals surface area contributed by atoms with Crippen molar-refractivity contribution in [1.82, 2.24) is 15.1 Å². The van der Waals surface area contributed by atoms with E-state index in [1.54, 1.807) is 20.3 Å². The molecule has 1 heterocycles. The van der Waals surface area contributed by atoms with Gasteiger partial charge in [-0.05, 0) is 46.8 Å². The van der Waals surface area contributed by atoms with Crippen LogP contribution in [-0.2, 0) is 13.1 Å². The van der Waals surface area contributed by atoms with Crippen molar-refractivity contribution in [2.45, 2.75) is 47.7 Å². The second-order valence-electron chi connectivity index (χ2n) is 8.19. The van der Waals surface area contributed by atoms with Crippen LogP contribution < -0.4 is 20.1 Å². The number of carbonyl (C=O) groups excluding carboxylic acids is 1. The Morgan fingerprint density at radius 3 is 2.12 bits per heavy atom.